The molecule has 0 fully saturated rings. The van der Waals surface area contributed by atoms with Crippen LogP contribution in [0.3, 0.4) is 0 Å². The molecule has 0 saturated carbocycles. The summed E-state index contributed by atoms with van der Waals surface area (Å²) in [6.07, 6.45) is 0. The van der Waals surface area contributed by atoms with Gasteiger partial charge in [0, 0.05) is 0 Å². The van der Waals surface area contributed by atoms with Crippen molar-refractivity contribution in [2.75, 3.05) is 14.2 Å². The molecule has 0 unspecified atom stereocenters. The zero-order valence-electron chi connectivity index (χ0n) is 19.0. The Balaban J connectivity index is 0.000000208. The second-order valence-corrected chi connectivity index (χ2v) is 13.4. The molecule has 0 spiro atoms. The monoisotopic (exact) mass is 720 g/mol. The van der Waals surface area contributed by atoms with Crippen LogP contribution in [0.15, 0.2) is 109 Å². The van der Waals surface area contributed by atoms with E-state index in [9.17, 15) is 4.20 Å². The van der Waals surface area contributed by atoms with Gasteiger partial charge in [0.2, 0.25) is 0 Å². The summed E-state index contributed by atoms with van der Waals surface area (Å²) in [5.74, 6) is 1.85. The molecule has 0 N–H and O–H groups in total. The zero-order valence-corrected chi connectivity index (χ0v) is 24.2. The Morgan fingerprint density at radius 1 is 0.571 bits per heavy atom. The maximum atomic E-state index is 10.1. The molecule has 184 valence electrons. The minimum absolute atomic E-state index is 0.0449. The van der Waals surface area contributed by atoms with E-state index in [-0.39, 0.29) is 42.4 Å². The molecular weight excluding hydrogens is 696 g/mol. The van der Waals surface area contributed by atoms with E-state index < -0.39 is 7.91 Å². The number of benzene rings is 4. The predicted molar refractivity (Wildman–Crippen MR) is 122 cm³/mol. The molecule has 0 saturated heterocycles. The van der Waals surface area contributed by atoms with E-state index in [2.05, 4.69) is 84.9 Å². The fourth-order valence-corrected chi connectivity index (χ4v) is 6.90. The lowest BCUT2D eigenvalue weighted by molar-refractivity contribution is -0.597. The molecular formula is C26H24FI2O5P. The second kappa shape index (κ2) is 15.9. The minimum atomic E-state index is -5.64. The van der Waals surface area contributed by atoms with Crippen LogP contribution in [0, 0.1) is 14.3 Å². The first-order chi connectivity index (χ1) is 16.8. The molecule has 0 aliphatic rings. The summed E-state index contributed by atoms with van der Waals surface area (Å²) in [6.45, 7) is 0. The van der Waals surface area contributed by atoms with Gasteiger partial charge in [0.15, 0.2) is 14.3 Å². The zero-order chi connectivity index (χ0) is 25.5. The average Bonchev–Trinajstić information content (AvgIpc) is 2.86. The number of hydrogen-bond acceptors (Lipinski definition) is 5. The van der Waals surface area contributed by atoms with Crippen molar-refractivity contribution >= 4 is 7.91 Å². The number of rotatable bonds is 6. The number of hydrogen-bond donors (Lipinski definition) is 0. The maximum absolute atomic E-state index is 10.1. The Morgan fingerprint density at radius 2 is 0.829 bits per heavy atom. The normalized spacial score (nSPS) is 10.2. The lowest BCUT2D eigenvalue weighted by atomic mass is 10.3. The van der Waals surface area contributed by atoms with Crippen LogP contribution in [0.4, 0.5) is 4.20 Å². The van der Waals surface area contributed by atoms with Gasteiger partial charge in [-0.15, -0.1) is 0 Å². The SMILES string of the molecule is COc1ccc([I+]c2ccccc2)cc1.COc1ccc([I+]c2ccccc2)cc1.O=P([O-])([O-])F. The van der Waals surface area contributed by atoms with Gasteiger partial charge in [-0.25, -0.2) is 4.20 Å². The highest BCUT2D eigenvalue weighted by molar-refractivity contribution is 7.42. The Morgan fingerprint density at radius 3 is 1.09 bits per heavy atom. The van der Waals surface area contributed by atoms with Crippen molar-refractivity contribution in [3.63, 3.8) is 0 Å². The van der Waals surface area contributed by atoms with E-state index in [0.717, 1.165) is 11.5 Å². The fraction of sp³-hybridized carbons (Fsp3) is 0.0769. The van der Waals surface area contributed by atoms with Crippen LogP contribution in [0.1, 0.15) is 0 Å². The molecule has 0 aliphatic heterocycles. The van der Waals surface area contributed by atoms with E-state index in [1.54, 1.807) is 14.2 Å². The van der Waals surface area contributed by atoms with Crippen LogP contribution in [0.25, 0.3) is 0 Å². The highest BCUT2D eigenvalue weighted by Gasteiger charge is 2.15. The Hall–Kier alpha value is -1.98. The molecule has 0 heterocycles. The van der Waals surface area contributed by atoms with E-state index in [1.165, 1.54) is 14.3 Å². The van der Waals surface area contributed by atoms with Crippen LogP contribution in [-0.2, 0) is 4.57 Å². The molecule has 4 aromatic carbocycles. The Bertz CT molecular complexity index is 1060. The topological polar surface area (TPSA) is 81.7 Å². The van der Waals surface area contributed by atoms with Crippen LogP contribution in [0.2, 0.25) is 0 Å². The lowest BCUT2D eigenvalue weighted by Crippen LogP contribution is -3.61. The van der Waals surface area contributed by atoms with Gasteiger partial charge in [-0.2, -0.15) is 0 Å². The summed E-state index contributed by atoms with van der Waals surface area (Å²) in [5.41, 5.74) is 0. The quantitative estimate of drug-likeness (QED) is 0.178. The van der Waals surface area contributed by atoms with Crippen LogP contribution in [-0.4, -0.2) is 14.2 Å². The van der Waals surface area contributed by atoms with Gasteiger partial charge >= 0.3 is 42.4 Å². The Labute approximate surface area is 226 Å². The molecule has 4 aromatic rings. The summed E-state index contributed by atoms with van der Waals surface area (Å²) in [7, 11) is -2.25. The molecule has 0 aromatic heterocycles. The maximum Gasteiger partial charge on any atom is 0.357 e. The first kappa shape index (κ1) is 29.3. The Kier molecular flexibility index (Phi) is 13.3. The van der Waals surface area contributed by atoms with Gasteiger partial charge < -0.3 is 23.8 Å². The summed E-state index contributed by atoms with van der Waals surface area (Å²) in [5, 5.41) is 0. The van der Waals surface area contributed by atoms with Crippen molar-refractivity contribution in [1.82, 2.24) is 0 Å². The van der Waals surface area contributed by atoms with Crippen molar-refractivity contribution in [2.24, 2.45) is 0 Å². The lowest BCUT2D eigenvalue weighted by Gasteiger charge is -2.15. The first-order valence-corrected chi connectivity index (χ1v) is 15.9. The predicted octanol–water partition coefficient (Wildman–Crippen LogP) is -1.57. The van der Waals surface area contributed by atoms with E-state index in [1.807, 2.05) is 24.3 Å². The third-order valence-electron chi connectivity index (χ3n) is 4.00. The van der Waals surface area contributed by atoms with Crippen molar-refractivity contribution in [2.45, 2.75) is 0 Å². The van der Waals surface area contributed by atoms with Crippen molar-refractivity contribution in [3.8, 4) is 11.5 Å². The summed E-state index contributed by atoms with van der Waals surface area (Å²) < 4.78 is 34.6. The molecule has 0 bridgehead atoms. The van der Waals surface area contributed by atoms with Crippen LogP contribution in [0.5, 0.6) is 11.5 Å². The summed E-state index contributed by atoms with van der Waals surface area (Å²) in [6, 6.07) is 38.0. The molecule has 35 heavy (non-hydrogen) atoms. The smallest absolute Gasteiger partial charge is 0.357 e. The highest BCUT2D eigenvalue weighted by atomic mass is 127. The molecule has 0 atom stereocenters. The standard InChI is InChI=1S/2C13H12IO.FH2O3P/c2*1-15-13-9-7-12(8-10-13)14-11-5-3-2-4-6-11;1-5(2,3)4/h2*2-10H,1H3;(H2,2,3,4)/q2*+1;/p-2. The second-order valence-electron chi connectivity index (χ2n) is 6.53. The van der Waals surface area contributed by atoms with Crippen molar-refractivity contribution < 1.29 is 70.4 Å². The van der Waals surface area contributed by atoms with Gasteiger partial charge in [-0.1, -0.05) is 36.4 Å². The third-order valence-corrected chi connectivity index (χ3v) is 9.37. The largest absolute Gasteiger partial charge is 0.786 e. The van der Waals surface area contributed by atoms with E-state index in [0.29, 0.717) is 0 Å². The molecule has 9 heteroatoms. The van der Waals surface area contributed by atoms with Crippen LogP contribution < -0.4 is 61.7 Å². The van der Waals surface area contributed by atoms with Gasteiger partial charge in [-0.05, 0) is 72.8 Å². The third kappa shape index (κ3) is 13.6. The average molecular weight is 720 g/mol. The summed E-state index contributed by atoms with van der Waals surface area (Å²) >= 11 is -0.0899. The van der Waals surface area contributed by atoms with Crippen LogP contribution >= 0.6 is 7.91 Å². The minimum Gasteiger partial charge on any atom is -0.786 e. The summed E-state index contributed by atoms with van der Waals surface area (Å²) in [4.78, 5) is 16.9. The molecule has 4 rings (SSSR count). The first-order valence-electron chi connectivity index (χ1n) is 10.2. The van der Waals surface area contributed by atoms with Gasteiger partial charge in [0.05, 0.1) is 14.2 Å². The highest BCUT2D eigenvalue weighted by Crippen LogP contribution is 2.22. The van der Waals surface area contributed by atoms with Gasteiger partial charge in [-0.3, -0.25) is 0 Å². The molecule has 0 radical (unpaired) electrons. The number of ether oxygens (including phenoxy) is 2. The molecule has 0 amide bonds. The molecule has 0 aliphatic carbocycles. The number of halogens is 3. The fourth-order valence-electron chi connectivity index (χ4n) is 2.47. The van der Waals surface area contributed by atoms with E-state index in [4.69, 9.17) is 23.8 Å². The van der Waals surface area contributed by atoms with Gasteiger partial charge in [0.25, 0.3) is 0 Å². The van der Waals surface area contributed by atoms with Crippen molar-refractivity contribution in [3.05, 3.63) is 123 Å². The molecule has 5 nitrogen and oxygen atoms in total. The van der Waals surface area contributed by atoms with Crippen molar-refractivity contribution in [1.29, 1.82) is 0 Å². The van der Waals surface area contributed by atoms with E-state index >= 15 is 0 Å². The van der Waals surface area contributed by atoms with Gasteiger partial charge in [0.1, 0.15) is 19.4 Å². The number of methoxy groups -OCH3 is 2.